The molecule has 1 aliphatic rings. The lowest BCUT2D eigenvalue weighted by atomic mass is 10.1. The number of esters is 1. The molecule has 1 unspecified atom stereocenters. The predicted octanol–water partition coefficient (Wildman–Crippen LogP) is 0.862. The van der Waals surface area contributed by atoms with E-state index < -0.39 is 0 Å². The monoisotopic (exact) mass is 252 g/mol. The van der Waals surface area contributed by atoms with E-state index in [1.807, 2.05) is 6.92 Å². The Hall–Kier alpha value is -2.11. The highest BCUT2D eigenvalue weighted by molar-refractivity contribution is 5.74. The summed E-state index contributed by atoms with van der Waals surface area (Å²) in [7, 11) is 0. The zero-order valence-electron chi connectivity index (χ0n) is 10.4. The number of hydrogen-bond donors (Lipinski definition) is 2. The van der Waals surface area contributed by atoms with Crippen molar-refractivity contribution in [2.75, 3.05) is 24.7 Å². The van der Waals surface area contributed by atoms with Gasteiger partial charge >= 0.3 is 5.97 Å². The maximum atomic E-state index is 10.7. The van der Waals surface area contributed by atoms with Gasteiger partial charge in [0.15, 0.2) is 17.6 Å². The number of nitrogen functional groups attached to an aromatic ring is 2. The molecule has 1 aromatic carbocycles. The van der Waals surface area contributed by atoms with E-state index in [0.717, 1.165) is 5.56 Å². The molecule has 98 valence electrons. The van der Waals surface area contributed by atoms with E-state index in [0.29, 0.717) is 22.9 Å². The summed E-state index contributed by atoms with van der Waals surface area (Å²) < 4.78 is 16.1. The Morgan fingerprint density at radius 2 is 2.22 bits per heavy atom. The van der Waals surface area contributed by atoms with E-state index in [1.54, 1.807) is 6.07 Å². The first-order valence-electron chi connectivity index (χ1n) is 5.60. The van der Waals surface area contributed by atoms with Crippen molar-refractivity contribution in [2.24, 2.45) is 0 Å². The molecule has 1 aromatic rings. The van der Waals surface area contributed by atoms with Crippen LogP contribution in [-0.4, -0.2) is 25.3 Å². The van der Waals surface area contributed by atoms with Crippen molar-refractivity contribution in [3.05, 3.63) is 11.6 Å². The minimum Gasteiger partial charge on any atom is -0.483 e. The zero-order valence-corrected chi connectivity index (χ0v) is 10.4. The van der Waals surface area contributed by atoms with Gasteiger partial charge in [-0.15, -0.1) is 0 Å². The van der Waals surface area contributed by atoms with Crippen molar-refractivity contribution in [3.8, 4) is 11.5 Å². The zero-order chi connectivity index (χ0) is 13.3. The molecule has 0 fully saturated rings. The number of nitrogens with two attached hydrogens (primary N) is 2. The smallest absolute Gasteiger partial charge is 0.302 e. The molecular formula is C12H16N2O4. The number of carbonyl (C=O) groups excluding carboxylic acids is 1. The third-order valence-electron chi connectivity index (χ3n) is 2.68. The Bertz CT molecular complexity index is 487. The molecule has 0 bridgehead atoms. The Labute approximate surface area is 105 Å². The van der Waals surface area contributed by atoms with E-state index in [-0.39, 0.29) is 25.3 Å². The van der Waals surface area contributed by atoms with E-state index in [1.165, 1.54) is 6.92 Å². The van der Waals surface area contributed by atoms with Crippen LogP contribution in [0.1, 0.15) is 12.5 Å². The van der Waals surface area contributed by atoms with Crippen LogP contribution in [-0.2, 0) is 9.53 Å². The first-order chi connectivity index (χ1) is 8.49. The van der Waals surface area contributed by atoms with Gasteiger partial charge in [-0.2, -0.15) is 0 Å². The first-order valence-corrected chi connectivity index (χ1v) is 5.60. The second kappa shape index (κ2) is 4.64. The predicted molar refractivity (Wildman–Crippen MR) is 66.5 cm³/mol. The van der Waals surface area contributed by atoms with Crippen LogP contribution in [0.3, 0.4) is 0 Å². The van der Waals surface area contributed by atoms with Gasteiger partial charge in [0.1, 0.15) is 13.2 Å². The molecule has 0 spiro atoms. The fraction of sp³-hybridized carbons (Fsp3) is 0.417. The average molecular weight is 252 g/mol. The van der Waals surface area contributed by atoms with E-state index in [4.69, 9.17) is 25.7 Å². The number of benzene rings is 1. The van der Waals surface area contributed by atoms with Crippen LogP contribution in [0, 0.1) is 6.92 Å². The summed E-state index contributed by atoms with van der Waals surface area (Å²) >= 11 is 0. The molecule has 0 saturated heterocycles. The van der Waals surface area contributed by atoms with Crippen LogP contribution in [0.4, 0.5) is 11.4 Å². The highest BCUT2D eigenvalue weighted by Gasteiger charge is 2.26. The molecule has 0 aromatic heterocycles. The molecule has 0 aliphatic carbocycles. The summed E-state index contributed by atoms with van der Waals surface area (Å²) in [5.41, 5.74) is 13.6. The summed E-state index contributed by atoms with van der Waals surface area (Å²) in [6.45, 7) is 3.58. The molecule has 6 heteroatoms. The van der Waals surface area contributed by atoms with Gasteiger partial charge in [0.05, 0.1) is 11.4 Å². The minimum atomic E-state index is -0.370. The van der Waals surface area contributed by atoms with Crippen molar-refractivity contribution in [1.29, 1.82) is 0 Å². The average Bonchev–Trinajstić information content (AvgIpc) is 2.33. The number of fused-ring (bicyclic) bond motifs is 1. The number of ether oxygens (including phenoxy) is 3. The van der Waals surface area contributed by atoms with Crippen LogP contribution in [0.25, 0.3) is 0 Å². The number of hydrogen-bond acceptors (Lipinski definition) is 6. The number of aryl methyl sites for hydroxylation is 1. The maximum absolute atomic E-state index is 10.7. The molecule has 6 nitrogen and oxygen atoms in total. The highest BCUT2D eigenvalue weighted by atomic mass is 16.6. The third kappa shape index (κ3) is 2.27. The van der Waals surface area contributed by atoms with E-state index in [2.05, 4.69) is 0 Å². The normalized spacial score (nSPS) is 17.3. The Morgan fingerprint density at radius 1 is 1.50 bits per heavy atom. The first kappa shape index (κ1) is 12.3. The van der Waals surface area contributed by atoms with Crippen molar-refractivity contribution in [3.63, 3.8) is 0 Å². The van der Waals surface area contributed by atoms with Crippen molar-refractivity contribution < 1.29 is 19.0 Å². The van der Waals surface area contributed by atoms with E-state index >= 15 is 0 Å². The van der Waals surface area contributed by atoms with Crippen LogP contribution >= 0.6 is 0 Å². The van der Waals surface area contributed by atoms with Crippen LogP contribution in [0.5, 0.6) is 11.5 Å². The minimum absolute atomic E-state index is 0.127. The second-order valence-corrected chi connectivity index (χ2v) is 4.21. The molecule has 1 atom stereocenters. The van der Waals surface area contributed by atoms with Gasteiger partial charge in [0.2, 0.25) is 0 Å². The van der Waals surface area contributed by atoms with Gasteiger partial charge in [-0.3, -0.25) is 4.79 Å². The van der Waals surface area contributed by atoms with Crippen LogP contribution in [0.2, 0.25) is 0 Å². The van der Waals surface area contributed by atoms with Gasteiger partial charge in [-0.25, -0.2) is 0 Å². The lowest BCUT2D eigenvalue weighted by molar-refractivity contribution is -0.144. The number of carbonyl (C=O) groups is 1. The van der Waals surface area contributed by atoms with Gasteiger partial charge in [0, 0.05) is 6.92 Å². The van der Waals surface area contributed by atoms with Gasteiger partial charge in [-0.05, 0) is 18.6 Å². The third-order valence-corrected chi connectivity index (χ3v) is 2.68. The Balaban J connectivity index is 2.20. The number of anilines is 2. The summed E-state index contributed by atoms with van der Waals surface area (Å²) in [6.07, 6.45) is -0.370. The molecule has 0 amide bonds. The van der Waals surface area contributed by atoms with Crippen LogP contribution < -0.4 is 20.9 Å². The van der Waals surface area contributed by atoms with Gasteiger partial charge in [-0.1, -0.05) is 0 Å². The SMILES string of the molecule is CC(=O)OCC1COc2c(N)cc(C)c(N)c2O1. The van der Waals surface area contributed by atoms with Crippen molar-refractivity contribution >= 4 is 17.3 Å². The quantitative estimate of drug-likeness (QED) is 0.598. The molecule has 0 radical (unpaired) electrons. The standard InChI is InChI=1S/C12H16N2O4/c1-6-3-9(13)11-12(10(6)14)18-8(5-17-11)4-16-7(2)15/h3,8H,4-5,13-14H2,1-2H3. The summed E-state index contributed by atoms with van der Waals surface area (Å²) in [5.74, 6) is 0.522. The summed E-state index contributed by atoms with van der Waals surface area (Å²) in [4.78, 5) is 10.7. The fourth-order valence-electron chi connectivity index (χ4n) is 1.74. The summed E-state index contributed by atoms with van der Waals surface area (Å²) in [6, 6.07) is 1.74. The molecule has 1 heterocycles. The lowest BCUT2D eigenvalue weighted by Gasteiger charge is -2.28. The van der Waals surface area contributed by atoms with Crippen molar-refractivity contribution in [2.45, 2.75) is 20.0 Å². The number of rotatable bonds is 2. The maximum Gasteiger partial charge on any atom is 0.302 e. The van der Waals surface area contributed by atoms with E-state index in [9.17, 15) is 4.79 Å². The molecule has 4 N–H and O–H groups in total. The summed E-state index contributed by atoms with van der Waals surface area (Å²) in [5, 5.41) is 0. The largest absolute Gasteiger partial charge is 0.483 e. The molecule has 18 heavy (non-hydrogen) atoms. The topological polar surface area (TPSA) is 96.8 Å². The second-order valence-electron chi connectivity index (χ2n) is 4.21. The fourth-order valence-corrected chi connectivity index (χ4v) is 1.74. The molecular weight excluding hydrogens is 236 g/mol. The van der Waals surface area contributed by atoms with Gasteiger partial charge in [0.25, 0.3) is 0 Å². The molecule has 0 saturated carbocycles. The van der Waals surface area contributed by atoms with Gasteiger partial charge < -0.3 is 25.7 Å². The van der Waals surface area contributed by atoms with Crippen LogP contribution in [0.15, 0.2) is 6.07 Å². The Kier molecular flexibility index (Phi) is 3.18. The highest BCUT2D eigenvalue weighted by Crippen LogP contribution is 2.43. The molecule has 2 rings (SSSR count). The molecule has 1 aliphatic heterocycles. The Morgan fingerprint density at radius 3 is 2.89 bits per heavy atom. The van der Waals surface area contributed by atoms with Crippen molar-refractivity contribution in [1.82, 2.24) is 0 Å². The lowest BCUT2D eigenvalue weighted by Crippen LogP contribution is -2.34.